The van der Waals surface area contributed by atoms with Gasteiger partial charge in [-0.2, -0.15) is 0 Å². The molecular formula is C16H14ClN5O2. The third kappa shape index (κ3) is 3.08. The van der Waals surface area contributed by atoms with Crippen molar-refractivity contribution in [1.82, 2.24) is 20.2 Å². The topological polar surface area (TPSA) is 79.5 Å². The summed E-state index contributed by atoms with van der Waals surface area (Å²) >= 11 is 6.39. The van der Waals surface area contributed by atoms with Gasteiger partial charge in [0, 0.05) is 30.2 Å². The van der Waals surface area contributed by atoms with E-state index in [1.54, 1.807) is 6.07 Å². The van der Waals surface area contributed by atoms with Crippen LogP contribution in [0.4, 0.5) is 0 Å². The lowest BCUT2D eigenvalue weighted by molar-refractivity contribution is -0.117. The third-order valence-electron chi connectivity index (χ3n) is 3.85. The number of hydrogen-bond acceptors (Lipinski definition) is 7. The lowest BCUT2D eigenvalue weighted by Crippen LogP contribution is -2.31. The molecule has 0 saturated carbocycles. The molecule has 7 nitrogen and oxygen atoms in total. The van der Waals surface area contributed by atoms with Gasteiger partial charge >= 0.3 is 0 Å². The Kier molecular flexibility index (Phi) is 3.87. The van der Waals surface area contributed by atoms with E-state index in [9.17, 15) is 4.79 Å². The number of carbonyl (C=O) groups excluding carboxylic acids is 1. The van der Waals surface area contributed by atoms with Crippen molar-refractivity contribution in [1.29, 1.82) is 0 Å². The van der Waals surface area contributed by atoms with Crippen molar-refractivity contribution in [2.45, 2.75) is 12.8 Å². The molecule has 2 aliphatic rings. The van der Waals surface area contributed by atoms with Crippen LogP contribution in [0.15, 0.2) is 35.7 Å². The van der Waals surface area contributed by atoms with Crippen LogP contribution in [0.3, 0.4) is 0 Å². The first-order valence-electron chi connectivity index (χ1n) is 7.52. The number of halogens is 1. The summed E-state index contributed by atoms with van der Waals surface area (Å²) in [5.41, 5.74) is 3.27. The van der Waals surface area contributed by atoms with Crippen molar-refractivity contribution >= 4 is 23.7 Å². The molecular weight excluding hydrogens is 330 g/mol. The Labute approximate surface area is 143 Å². The van der Waals surface area contributed by atoms with Gasteiger partial charge in [0.05, 0.1) is 5.69 Å². The van der Waals surface area contributed by atoms with E-state index in [1.807, 2.05) is 18.2 Å². The molecule has 122 valence electrons. The van der Waals surface area contributed by atoms with Crippen LogP contribution < -0.4 is 5.32 Å². The zero-order valence-corrected chi connectivity index (χ0v) is 13.4. The number of benzene rings is 1. The Hall–Kier alpha value is -2.51. The quantitative estimate of drug-likeness (QED) is 0.653. The number of aldehydes is 1. The molecule has 1 N–H and O–H groups in total. The fourth-order valence-electron chi connectivity index (χ4n) is 2.43. The first kappa shape index (κ1) is 15.0. The molecule has 1 aromatic heterocycles. The van der Waals surface area contributed by atoms with Crippen LogP contribution in [0.5, 0.6) is 0 Å². The number of aromatic nitrogens is 2. The van der Waals surface area contributed by atoms with Gasteiger partial charge in [-0.1, -0.05) is 28.9 Å². The summed E-state index contributed by atoms with van der Waals surface area (Å²) in [6.07, 6.45) is 1.30. The Bertz CT molecular complexity index is 822. The standard InChI is InChI=1S/C16H14ClN5O2/c17-12-5-10(1-2-11(12)7-22-3-4-22)13-6-14(19-9-18-13)16-20-15(8-23)24-21-16/h1-2,5-6,8-9,15H,3-4,7H2,(H,20,21). The molecule has 2 aromatic rings. The normalized spacial score (nSPS) is 19.4. The van der Waals surface area contributed by atoms with Gasteiger partial charge in [0.25, 0.3) is 6.23 Å². The highest BCUT2D eigenvalue weighted by Crippen LogP contribution is 2.26. The lowest BCUT2D eigenvalue weighted by atomic mass is 10.1. The van der Waals surface area contributed by atoms with E-state index in [1.165, 1.54) is 6.33 Å². The molecule has 2 aliphatic heterocycles. The van der Waals surface area contributed by atoms with Crippen molar-refractivity contribution in [2.75, 3.05) is 13.1 Å². The first-order chi connectivity index (χ1) is 11.7. The number of nitrogens with zero attached hydrogens (tertiary/aromatic N) is 4. The van der Waals surface area contributed by atoms with Crippen molar-refractivity contribution < 1.29 is 9.63 Å². The molecule has 1 unspecified atom stereocenters. The molecule has 0 radical (unpaired) electrons. The molecule has 1 fully saturated rings. The first-order valence-corrected chi connectivity index (χ1v) is 7.90. The molecule has 3 heterocycles. The number of hydrogen-bond donors (Lipinski definition) is 1. The van der Waals surface area contributed by atoms with Crippen molar-refractivity contribution in [3.63, 3.8) is 0 Å². The Morgan fingerprint density at radius 2 is 2.12 bits per heavy atom. The third-order valence-corrected chi connectivity index (χ3v) is 4.20. The smallest absolute Gasteiger partial charge is 0.254 e. The van der Waals surface area contributed by atoms with Crippen LogP contribution in [-0.2, 0) is 16.2 Å². The largest absolute Gasteiger partial charge is 0.361 e. The van der Waals surface area contributed by atoms with Gasteiger partial charge in [0.15, 0.2) is 12.1 Å². The zero-order valence-electron chi connectivity index (χ0n) is 12.6. The van der Waals surface area contributed by atoms with Gasteiger partial charge < -0.3 is 10.2 Å². The van der Waals surface area contributed by atoms with Gasteiger partial charge in [-0.25, -0.2) is 9.97 Å². The maximum absolute atomic E-state index is 10.7. The summed E-state index contributed by atoms with van der Waals surface area (Å²) in [6, 6.07) is 7.69. The SMILES string of the molecule is O=CC1NC(c2cc(-c3ccc(CN4CC4)c(Cl)c3)ncn2)=NO1. The molecule has 1 aromatic carbocycles. The molecule has 4 rings (SSSR count). The fraction of sp³-hybridized carbons (Fsp3) is 0.250. The van der Waals surface area contributed by atoms with Crippen LogP contribution >= 0.6 is 11.6 Å². The van der Waals surface area contributed by atoms with E-state index in [-0.39, 0.29) is 0 Å². The van der Waals surface area contributed by atoms with E-state index in [4.69, 9.17) is 16.4 Å². The van der Waals surface area contributed by atoms with Crippen molar-refractivity contribution in [2.24, 2.45) is 5.16 Å². The van der Waals surface area contributed by atoms with Crippen LogP contribution in [0.2, 0.25) is 5.02 Å². The average Bonchev–Trinajstić information content (AvgIpc) is 3.30. The van der Waals surface area contributed by atoms with Gasteiger partial charge in [0.2, 0.25) is 0 Å². The van der Waals surface area contributed by atoms with E-state index in [2.05, 4.69) is 25.3 Å². The van der Waals surface area contributed by atoms with E-state index < -0.39 is 6.23 Å². The van der Waals surface area contributed by atoms with E-state index in [0.717, 1.165) is 41.5 Å². The Morgan fingerprint density at radius 3 is 2.83 bits per heavy atom. The predicted octanol–water partition coefficient (Wildman–Crippen LogP) is 1.42. The average molecular weight is 344 g/mol. The Morgan fingerprint density at radius 1 is 1.29 bits per heavy atom. The summed E-state index contributed by atoms with van der Waals surface area (Å²) in [5, 5.41) is 7.36. The second-order valence-electron chi connectivity index (χ2n) is 5.62. The highest BCUT2D eigenvalue weighted by Gasteiger charge is 2.21. The van der Waals surface area contributed by atoms with E-state index >= 15 is 0 Å². The van der Waals surface area contributed by atoms with Gasteiger partial charge in [-0.3, -0.25) is 9.69 Å². The van der Waals surface area contributed by atoms with Gasteiger partial charge in [-0.05, 0) is 17.7 Å². The number of oxime groups is 1. The molecule has 1 saturated heterocycles. The molecule has 0 amide bonds. The summed E-state index contributed by atoms with van der Waals surface area (Å²) < 4.78 is 0. The summed E-state index contributed by atoms with van der Waals surface area (Å²) in [4.78, 5) is 26.4. The van der Waals surface area contributed by atoms with Crippen LogP contribution in [0.1, 0.15) is 11.3 Å². The monoisotopic (exact) mass is 343 g/mol. The molecule has 1 atom stereocenters. The second-order valence-corrected chi connectivity index (χ2v) is 6.02. The summed E-state index contributed by atoms with van der Waals surface area (Å²) in [5.74, 6) is 0.403. The zero-order chi connectivity index (χ0) is 16.5. The number of carbonyl (C=O) groups is 1. The highest BCUT2D eigenvalue weighted by atomic mass is 35.5. The number of amidine groups is 1. The number of rotatable bonds is 5. The molecule has 24 heavy (non-hydrogen) atoms. The molecule has 0 bridgehead atoms. The predicted molar refractivity (Wildman–Crippen MR) is 88.4 cm³/mol. The highest BCUT2D eigenvalue weighted by molar-refractivity contribution is 6.31. The minimum absolute atomic E-state index is 0.403. The van der Waals surface area contributed by atoms with E-state index in [0.29, 0.717) is 17.8 Å². The van der Waals surface area contributed by atoms with Crippen LogP contribution in [0.25, 0.3) is 11.3 Å². The molecule has 0 spiro atoms. The minimum atomic E-state index is -0.774. The van der Waals surface area contributed by atoms with Crippen LogP contribution in [0, 0.1) is 0 Å². The van der Waals surface area contributed by atoms with Crippen molar-refractivity contribution in [3.05, 3.63) is 46.9 Å². The minimum Gasteiger partial charge on any atom is -0.361 e. The summed E-state index contributed by atoms with van der Waals surface area (Å²) in [6.45, 7) is 3.14. The second kappa shape index (κ2) is 6.18. The maximum Gasteiger partial charge on any atom is 0.254 e. The Balaban J connectivity index is 1.59. The van der Waals surface area contributed by atoms with Crippen LogP contribution in [-0.4, -0.2) is 46.3 Å². The van der Waals surface area contributed by atoms with Crippen molar-refractivity contribution in [3.8, 4) is 11.3 Å². The molecule has 0 aliphatic carbocycles. The molecule has 8 heteroatoms. The fourth-order valence-corrected chi connectivity index (χ4v) is 2.67. The van der Waals surface area contributed by atoms with Gasteiger partial charge in [0.1, 0.15) is 12.0 Å². The summed E-state index contributed by atoms with van der Waals surface area (Å²) in [7, 11) is 0. The number of nitrogens with one attached hydrogen (secondary N) is 1. The lowest BCUT2D eigenvalue weighted by Gasteiger charge is -2.08. The maximum atomic E-state index is 10.7. The van der Waals surface area contributed by atoms with Gasteiger partial charge in [-0.15, -0.1) is 0 Å².